The Balaban J connectivity index is 1.54. The van der Waals surface area contributed by atoms with Gasteiger partial charge in [0.2, 0.25) is 11.8 Å². The van der Waals surface area contributed by atoms with Crippen molar-refractivity contribution in [3.8, 4) is 11.1 Å². The fourth-order valence-corrected chi connectivity index (χ4v) is 4.85. The van der Waals surface area contributed by atoms with Crippen LogP contribution >= 0.6 is 11.6 Å². The Labute approximate surface area is 186 Å². The molecule has 0 aromatic carbocycles. The van der Waals surface area contributed by atoms with Gasteiger partial charge in [-0.3, -0.25) is 14.3 Å². The molecule has 2 aromatic rings. The molecule has 166 valence electrons. The second kappa shape index (κ2) is 8.24. The average molecular weight is 446 g/mol. The minimum atomic E-state index is -0.666. The number of anilines is 1. The van der Waals surface area contributed by atoms with Gasteiger partial charge in [0.1, 0.15) is 11.9 Å². The van der Waals surface area contributed by atoms with Crippen LogP contribution in [0.25, 0.3) is 11.1 Å². The average Bonchev–Trinajstić information content (AvgIpc) is 3.20. The number of aliphatic hydroxyl groups excluding tert-OH is 1. The molecule has 2 aromatic heterocycles. The van der Waals surface area contributed by atoms with Crippen LogP contribution in [-0.4, -0.2) is 37.7 Å². The van der Waals surface area contributed by atoms with E-state index in [-0.39, 0.29) is 29.2 Å². The molecule has 0 radical (unpaired) electrons. The van der Waals surface area contributed by atoms with E-state index in [1.807, 2.05) is 13.8 Å². The molecule has 2 aliphatic rings. The number of hydrogen-bond donors (Lipinski definition) is 3. The minimum Gasteiger partial charge on any atom is -0.386 e. The van der Waals surface area contributed by atoms with Crippen LogP contribution in [0.3, 0.4) is 0 Å². The van der Waals surface area contributed by atoms with E-state index in [2.05, 4.69) is 20.7 Å². The number of fused-ring (bicyclic) bond motifs is 1. The van der Waals surface area contributed by atoms with E-state index in [0.717, 1.165) is 30.5 Å². The molecule has 8 nitrogen and oxygen atoms in total. The minimum absolute atomic E-state index is 0.0237. The van der Waals surface area contributed by atoms with Gasteiger partial charge in [0.25, 0.3) is 0 Å². The molecule has 3 unspecified atom stereocenters. The summed E-state index contributed by atoms with van der Waals surface area (Å²) in [7, 11) is 0. The molecule has 3 heterocycles. The van der Waals surface area contributed by atoms with E-state index in [4.69, 9.17) is 11.6 Å². The highest BCUT2D eigenvalue weighted by molar-refractivity contribution is 6.33. The first-order valence-corrected chi connectivity index (χ1v) is 11.0. The molecule has 1 aliphatic heterocycles. The third kappa shape index (κ3) is 4.32. The normalized spacial score (nSPS) is 24.5. The van der Waals surface area contributed by atoms with Crippen molar-refractivity contribution in [3.05, 3.63) is 29.2 Å². The van der Waals surface area contributed by atoms with Crippen molar-refractivity contribution in [2.24, 2.45) is 11.3 Å². The highest BCUT2D eigenvalue weighted by Crippen LogP contribution is 2.46. The molecule has 0 saturated heterocycles. The number of pyridine rings is 1. The Bertz CT molecular complexity index is 1020. The first-order valence-electron chi connectivity index (χ1n) is 10.6. The number of amides is 2. The van der Waals surface area contributed by atoms with Crippen molar-refractivity contribution >= 4 is 29.2 Å². The van der Waals surface area contributed by atoms with Gasteiger partial charge in [-0.1, -0.05) is 31.9 Å². The van der Waals surface area contributed by atoms with E-state index in [1.54, 1.807) is 16.9 Å². The van der Waals surface area contributed by atoms with Crippen molar-refractivity contribution in [1.82, 2.24) is 20.1 Å². The molecule has 0 spiro atoms. The number of hydrogen-bond acceptors (Lipinski definition) is 5. The lowest BCUT2D eigenvalue weighted by atomic mass is 9.85. The highest BCUT2D eigenvalue weighted by Gasteiger charge is 2.41. The molecular weight excluding hydrogens is 418 g/mol. The smallest absolute Gasteiger partial charge is 0.228 e. The molecule has 3 atom stereocenters. The van der Waals surface area contributed by atoms with Crippen LogP contribution in [0.1, 0.15) is 58.3 Å². The predicted molar refractivity (Wildman–Crippen MR) is 117 cm³/mol. The first kappa shape index (κ1) is 21.8. The van der Waals surface area contributed by atoms with Gasteiger partial charge in [-0.25, -0.2) is 4.98 Å². The fourth-order valence-electron chi connectivity index (χ4n) is 4.65. The van der Waals surface area contributed by atoms with Gasteiger partial charge in [0.15, 0.2) is 0 Å². The van der Waals surface area contributed by atoms with Crippen LogP contribution in [0, 0.1) is 11.3 Å². The summed E-state index contributed by atoms with van der Waals surface area (Å²) in [5.41, 5.74) is 1.82. The van der Waals surface area contributed by atoms with Crippen LogP contribution < -0.4 is 10.6 Å². The lowest BCUT2D eigenvalue weighted by Gasteiger charge is -2.28. The van der Waals surface area contributed by atoms with E-state index in [9.17, 15) is 14.7 Å². The van der Waals surface area contributed by atoms with Gasteiger partial charge in [-0.05, 0) is 25.3 Å². The predicted octanol–water partition coefficient (Wildman–Crippen LogP) is 3.31. The Morgan fingerprint density at radius 2 is 2.03 bits per heavy atom. The molecule has 9 heteroatoms. The van der Waals surface area contributed by atoms with E-state index >= 15 is 0 Å². The zero-order chi connectivity index (χ0) is 22.3. The van der Waals surface area contributed by atoms with Gasteiger partial charge >= 0.3 is 0 Å². The van der Waals surface area contributed by atoms with Crippen molar-refractivity contribution in [3.63, 3.8) is 0 Å². The van der Waals surface area contributed by atoms with Crippen LogP contribution in [0.15, 0.2) is 18.5 Å². The molecular formula is C22H28ClN5O3. The number of aromatic nitrogens is 3. The van der Waals surface area contributed by atoms with Crippen molar-refractivity contribution in [2.45, 2.75) is 65.1 Å². The van der Waals surface area contributed by atoms with E-state index < -0.39 is 6.10 Å². The topological polar surface area (TPSA) is 109 Å². The Morgan fingerprint density at radius 3 is 2.77 bits per heavy atom. The monoisotopic (exact) mass is 445 g/mol. The number of carbonyl (C=O) groups excluding carboxylic acids is 2. The van der Waals surface area contributed by atoms with Crippen LogP contribution in [0.5, 0.6) is 0 Å². The van der Waals surface area contributed by atoms with Gasteiger partial charge in [-0.2, -0.15) is 5.10 Å². The summed E-state index contributed by atoms with van der Waals surface area (Å²) in [6.45, 7) is 6.10. The summed E-state index contributed by atoms with van der Waals surface area (Å²) < 4.78 is 1.80. The molecule has 2 amide bonds. The lowest BCUT2D eigenvalue weighted by Crippen LogP contribution is -2.40. The second-order valence-electron chi connectivity index (χ2n) is 9.29. The van der Waals surface area contributed by atoms with Gasteiger partial charge in [-0.15, -0.1) is 0 Å². The zero-order valence-electron chi connectivity index (χ0n) is 18.0. The number of nitrogens with zero attached hydrogens (tertiary/aromatic N) is 3. The molecule has 1 aliphatic carbocycles. The maximum absolute atomic E-state index is 12.9. The zero-order valence-corrected chi connectivity index (χ0v) is 18.7. The van der Waals surface area contributed by atoms with Crippen LogP contribution in [0.4, 0.5) is 5.82 Å². The Kier molecular flexibility index (Phi) is 5.79. The van der Waals surface area contributed by atoms with Crippen molar-refractivity contribution in [1.29, 1.82) is 0 Å². The molecule has 1 saturated carbocycles. The third-order valence-electron chi connectivity index (χ3n) is 6.29. The highest BCUT2D eigenvalue weighted by atomic mass is 35.5. The quantitative estimate of drug-likeness (QED) is 0.668. The van der Waals surface area contributed by atoms with Crippen LogP contribution in [0.2, 0.25) is 5.02 Å². The summed E-state index contributed by atoms with van der Waals surface area (Å²) in [4.78, 5) is 28.5. The summed E-state index contributed by atoms with van der Waals surface area (Å²) in [5, 5.41) is 21.4. The van der Waals surface area contributed by atoms with Gasteiger partial charge in [0, 0.05) is 48.2 Å². The largest absolute Gasteiger partial charge is 0.386 e. The van der Waals surface area contributed by atoms with Crippen LogP contribution in [-0.2, 0) is 16.1 Å². The van der Waals surface area contributed by atoms with E-state index in [1.165, 1.54) is 13.1 Å². The maximum atomic E-state index is 12.9. The number of halogens is 1. The Hall–Kier alpha value is -2.45. The summed E-state index contributed by atoms with van der Waals surface area (Å²) in [5.74, 6) is 0.0265. The third-order valence-corrected chi connectivity index (χ3v) is 6.59. The van der Waals surface area contributed by atoms with Crippen molar-refractivity contribution in [2.75, 3.05) is 5.32 Å². The lowest BCUT2D eigenvalue weighted by molar-refractivity contribution is -0.123. The maximum Gasteiger partial charge on any atom is 0.228 e. The molecule has 0 bridgehead atoms. The summed E-state index contributed by atoms with van der Waals surface area (Å²) in [6, 6.07) is 1.75. The molecule has 4 rings (SSSR count). The first-order chi connectivity index (χ1) is 14.7. The summed E-state index contributed by atoms with van der Waals surface area (Å²) >= 11 is 6.43. The second-order valence-corrected chi connectivity index (χ2v) is 9.70. The number of carbonyl (C=O) groups is 2. The van der Waals surface area contributed by atoms with E-state index in [0.29, 0.717) is 29.4 Å². The number of rotatable bonds is 4. The SMILES string of the molecule is CC(=O)NC1CCCC(C(=O)Nc2cc(-c3cnn4c3C(O)C(C)(C)C4)c(Cl)cn2)C1. The summed E-state index contributed by atoms with van der Waals surface area (Å²) in [6.07, 6.45) is 5.70. The Morgan fingerprint density at radius 1 is 1.26 bits per heavy atom. The number of nitrogens with one attached hydrogen (secondary N) is 2. The molecule has 1 fully saturated rings. The standard InChI is InChI=1S/C22H28ClN5O3/c1-12(29)26-14-6-4-5-13(7-14)21(31)27-18-8-15(17(23)10-24-18)16-9-25-28-11-22(2,3)20(30)19(16)28/h8-10,13-14,20,30H,4-7,11H2,1-3H3,(H,26,29)(H,24,27,31). The molecule has 3 N–H and O–H groups in total. The van der Waals surface area contributed by atoms with Crippen molar-refractivity contribution < 1.29 is 14.7 Å². The fraction of sp³-hybridized carbons (Fsp3) is 0.545. The number of aliphatic hydroxyl groups is 1. The molecule has 31 heavy (non-hydrogen) atoms. The van der Waals surface area contributed by atoms with Gasteiger partial charge in [0.05, 0.1) is 16.9 Å². The van der Waals surface area contributed by atoms with Gasteiger partial charge < -0.3 is 15.7 Å².